The minimum Gasteiger partial charge on any atom is -0.467 e. The molecule has 6 nitrogen and oxygen atoms in total. The highest BCUT2D eigenvalue weighted by Gasteiger charge is 2.23. The fourth-order valence-corrected chi connectivity index (χ4v) is 2.30. The number of likely N-dealkylation sites (N-methyl/N-ethyl adjacent to an activating group) is 1. The molecule has 2 aromatic rings. The molecule has 0 bridgehead atoms. The van der Waals surface area contributed by atoms with Crippen LogP contribution in [0.3, 0.4) is 0 Å². The first kappa shape index (κ1) is 13.2. The number of carbonyl (C=O) groups excluding carboxylic acids is 2. The molecule has 3 rings (SSSR count). The smallest absolute Gasteiger partial charge is 0.319 e. The van der Waals surface area contributed by atoms with E-state index in [1.54, 1.807) is 36.4 Å². The Hall–Kier alpha value is -2.76. The number of anilines is 2. The summed E-state index contributed by atoms with van der Waals surface area (Å²) in [6.07, 6.45) is 1.93. The van der Waals surface area contributed by atoms with Crippen LogP contribution in [-0.4, -0.2) is 19.0 Å². The van der Waals surface area contributed by atoms with Gasteiger partial charge in [0.1, 0.15) is 5.76 Å². The van der Waals surface area contributed by atoms with Crippen molar-refractivity contribution in [3.63, 3.8) is 0 Å². The molecule has 0 radical (unpaired) electrons. The fraction of sp³-hybridized carbons (Fsp3) is 0.200. The van der Waals surface area contributed by atoms with E-state index in [4.69, 9.17) is 4.42 Å². The Labute approximate surface area is 121 Å². The summed E-state index contributed by atoms with van der Waals surface area (Å²) in [5, 5.41) is 5.44. The van der Waals surface area contributed by atoms with Crippen molar-refractivity contribution in [3.8, 4) is 0 Å². The number of urea groups is 1. The molecule has 6 heteroatoms. The van der Waals surface area contributed by atoms with Gasteiger partial charge in [-0.3, -0.25) is 4.79 Å². The van der Waals surface area contributed by atoms with E-state index in [1.165, 1.54) is 0 Å². The Morgan fingerprint density at radius 2 is 2.24 bits per heavy atom. The molecular weight excluding hydrogens is 270 g/mol. The average molecular weight is 285 g/mol. The number of amides is 3. The van der Waals surface area contributed by atoms with Crippen molar-refractivity contribution in [1.29, 1.82) is 0 Å². The summed E-state index contributed by atoms with van der Waals surface area (Å²) in [7, 11) is 1.75. The summed E-state index contributed by atoms with van der Waals surface area (Å²) in [4.78, 5) is 25.0. The summed E-state index contributed by atoms with van der Waals surface area (Å²) in [6, 6.07) is 8.68. The van der Waals surface area contributed by atoms with Gasteiger partial charge in [-0.05, 0) is 35.9 Å². The van der Waals surface area contributed by atoms with Gasteiger partial charge < -0.3 is 20.0 Å². The molecule has 1 aliphatic rings. The number of rotatable bonds is 3. The predicted molar refractivity (Wildman–Crippen MR) is 78.1 cm³/mol. The molecule has 1 aromatic heterocycles. The van der Waals surface area contributed by atoms with Crippen LogP contribution >= 0.6 is 0 Å². The van der Waals surface area contributed by atoms with Crippen molar-refractivity contribution in [3.05, 3.63) is 47.9 Å². The quantitative estimate of drug-likeness (QED) is 0.907. The molecule has 0 fully saturated rings. The number of nitrogens with one attached hydrogen (secondary N) is 2. The van der Waals surface area contributed by atoms with Crippen molar-refractivity contribution in [2.45, 2.75) is 13.0 Å². The molecule has 0 spiro atoms. The van der Waals surface area contributed by atoms with Crippen molar-refractivity contribution in [2.24, 2.45) is 0 Å². The lowest BCUT2D eigenvalue weighted by Crippen LogP contribution is -2.28. The summed E-state index contributed by atoms with van der Waals surface area (Å²) in [6.45, 7) is 0.324. The third kappa shape index (κ3) is 2.74. The van der Waals surface area contributed by atoms with Crippen LogP contribution in [-0.2, 0) is 17.8 Å². The number of furan rings is 1. The van der Waals surface area contributed by atoms with Gasteiger partial charge in [-0.15, -0.1) is 0 Å². The average Bonchev–Trinajstić information content (AvgIpc) is 3.06. The van der Waals surface area contributed by atoms with E-state index in [2.05, 4.69) is 10.6 Å². The number of fused-ring (bicyclic) bond motifs is 1. The molecule has 0 saturated heterocycles. The minimum absolute atomic E-state index is 0.0596. The Morgan fingerprint density at radius 3 is 3.00 bits per heavy atom. The van der Waals surface area contributed by atoms with Crippen molar-refractivity contribution >= 4 is 23.3 Å². The standard InChI is InChI=1S/C15H15N3O3/c1-18-13-5-4-11(7-10(13)8-14(18)19)17-15(20)16-9-12-3-2-6-21-12/h2-7H,8-9H2,1H3,(H2,16,17,20). The Morgan fingerprint density at radius 1 is 1.38 bits per heavy atom. The molecule has 0 aliphatic carbocycles. The van der Waals surface area contributed by atoms with Crippen LogP contribution in [0.1, 0.15) is 11.3 Å². The first-order valence-corrected chi connectivity index (χ1v) is 6.60. The lowest BCUT2D eigenvalue weighted by molar-refractivity contribution is -0.117. The highest BCUT2D eigenvalue weighted by Crippen LogP contribution is 2.29. The van der Waals surface area contributed by atoms with E-state index in [1.807, 2.05) is 12.1 Å². The van der Waals surface area contributed by atoms with Gasteiger partial charge in [0.25, 0.3) is 0 Å². The van der Waals surface area contributed by atoms with Gasteiger partial charge in [0.2, 0.25) is 5.91 Å². The van der Waals surface area contributed by atoms with Crippen molar-refractivity contribution in [1.82, 2.24) is 5.32 Å². The van der Waals surface area contributed by atoms with Crippen LogP contribution in [0.15, 0.2) is 41.0 Å². The molecule has 0 atom stereocenters. The van der Waals surface area contributed by atoms with Crippen molar-refractivity contribution < 1.29 is 14.0 Å². The van der Waals surface area contributed by atoms with Crippen LogP contribution in [0.4, 0.5) is 16.2 Å². The van der Waals surface area contributed by atoms with Crippen LogP contribution in [0.5, 0.6) is 0 Å². The number of carbonyl (C=O) groups is 2. The second-order valence-electron chi connectivity index (χ2n) is 4.86. The second kappa shape index (κ2) is 5.32. The van der Waals surface area contributed by atoms with E-state index in [0.717, 1.165) is 11.3 Å². The summed E-state index contributed by atoms with van der Waals surface area (Å²) in [5.41, 5.74) is 2.47. The Kier molecular flexibility index (Phi) is 3.35. The third-order valence-corrected chi connectivity index (χ3v) is 3.42. The van der Waals surface area contributed by atoms with Gasteiger partial charge in [-0.2, -0.15) is 0 Å². The zero-order valence-electron chi connectivity index (χ0n) is 11.6. The van der Waals surface area contributed by atoms with Gasteiger partial charge in [0.15, 0.2) is 0 Å². The maximum Gasteiger partial charge on any atom is 0.319 e. The molecule has 2 N–H and O–H groups in total. The van der Waals surface area contributed by atoms with E-state index < -0.39 is 0 Å². The van der Waals surface area contributed by atoms with Crippen LogP contribution in [0, 0.1) is 0 Å². The Bertz CT molecular complexity index is 679. The monoisotopic (exact) mass is 285 g/mol. The topological polar surface area (TPSA) is 74.6 Å². The van der Waals surface area contributed by atoms with E-state index in [0.29, 0.717) is 24.4 Å². The maximum absolute atomic E-state index is 11.8. The van der Waals surface area contributed by atoms with Gasteiger partial charge in [-0.1, -0.05) is 0 Å². The second-order valence-corrected chi connectivity index (χ2v) is 4.86. The first-order chi connectivity index (χ1) is 10.1. The van der Waals surface area contributed by atoms with Gasteiger partial charge >= 0.3 is 6.03 Å². The number of nitrogens with zero attached hydrogens (tertiary/aromatic N) is 1. The van der Waals surface area contributed by atoms with Crippen LogP contribution < -0.4 is 15.5 Å². The molecule has 2 heterocycles. The van der Waals surface area contributed by atoms with Crippen molar-refractivity contribution in [2.75, 3.05) is 17.3 Å². The van der Waals surface area contributed by atoms with Gasteiger partial charge in [-0.25, -0.2) is 4.79 Å². The minimum atomic E-state index is -0.316. The number of benzene rings is 1. The lowest BCUT2D eigenvalue weighted by Gasteiger charge is -2.11. The molecule has 108 valence electrons. The van der Waals surface area contributed by atoms with Gasteiger partial charge in [0.05, 0.1) is 19.2 Å². The largest absolute Gasteiger partial charge is 0.467 e. The summed E-state index contributed by atoms with van der Waals surface area (Å²) in [5.74, 6) is 0.746. The fourth-order valence-electron chi connectivity index (χ4n) is 2.30. The van der Waals surface area contributed by atoms with E-state index in [-0.39, 0.29) is 11.9 Å². The SMILES string of the molecule is CN1C(=O)Cc2cc(NC(=O)NCc3ccco3)ccc21. The highest BCUT2D eigenvalue weighted by atomic mass is 16.3. The normalized spacial score (nSPS) is 13.2. The number of hydrogen-bond acceptors (Lipinski definition) is 3. The zero-order chi connectivity index (χ0) is 14.8. The zero-order valence-corrected chi connectivity index (χ0v) is 11.6. The summed E-state index contributed by atoms with van der Waals surface area (Å²) >= 11 is 0. The molecule has 1 aliphatic heterocycles. The molecule has 21 heavy (non-hydrogen) atoms. The molecule has 3 amide bonds. The van der Waals surface area contributed by atoms with Gasteiger partial charge in [0, 0.05) is 18.4 Å². The van der Waals surface area contributed by atoms with E-state index >= 15 is 0 Å². The molecule has 0 saturated carbocycles. The summed E-state index contributed by atoms with van der Waals surface area (Å²) < 4.78 is 5.13. The Balaban J connectivity index is 1.62. The molecular formula is C15H15N3O3. The predicted octanol–water partition coefficient (Wildman–Crippen LogP) is 2.12. The first-order valence-electron chi connectivity index (χ1n) is 6.60. The maximum atomic E-state index is 11.8. The molecule has 1 aromatic carbocycles. The van der Waals surface area contributed by atoms with E-state index in [9.17, 15) is 9.59 Å². The number of hydrogen-bond donors (Lipinski definition) is 2. The third-order valence-electron chi connectivity index (χ3n) is 3.42. The van der Waals surface area contributed by atoms with Crippen LogP contribution in [0.25, 0.3) is 0 Å². The van der Waals surface area contributed by atoms with Crippen LogP contribution in [0.2, 0.25) is 0 Å². The highest BCUT2D eigenvalue weighted by molar-refractivity contribution is 6.01. The lowest BCUT2D eigenvalue weighted by atomic mass is 10.1. The molecule has 0 unspecified atom stereocenters.